The highest BCUT2D eigenvalue weighted by molar-refractivity contribution is 7.99. The fraction of sp³-hybridized carbons (Fsp3) is 0.467. The second-order valence-corrected chi connectivity index (χ2v) is 7.25. The molecule has 0 bridgehead atoms. The summed E-state index contributed by atoms with van der Waals surface area (Å²) in [6.45, 7) is 1.08. The number of benzene rings is 1. The number of thioether (sulfide) groups is 1. The Balaban J connectivity index is 1.50. The van der Waals surface area contributed by atoms with E-state index in [9.17, 15) is 18.0 Å². The smallest absolute Gasteiger partial charge is 0.368 e. The van der Waals surface area contributed by atoms with Crippen LogP contribution in [0.1, 0.15) is 0 Å². The number of nitrogens with zero attached hydrogens (tertiary/aromatic N) is 6. The number of halogens is 4. The Morgan fingerprint density at radius 1 is 1.22 bits per heavy atom. The number of hydrogen-bond donors (Lipinski definition) is 0. The molecule has 0 aliphatic carbocycles. The zero-order chi connectivity index (χ0) is 19.4. The Bertz CT molecular complexity index is 794. The zero-order valence-corrected chi connectivity index (χ0v) is 15.6. The monoisotopic (exact) mass is 420 g/mol. The number of alkyl halides is 3. The molecule has 1 amide bonds. The van der Waals surface area contributed by atoms with E-state index >= 15 is 0 Å². The lowest BCUT2D eigenvalue weighted by atomic mass is 10.2. The number of carbonyl (C=O) groups is 1. The number of tetrazole rings is 1. The lowest BCUT2D eigenvalue weighted by Gasteiger charge is -2.36. The molecule has 0 radical (unpaired) electrons. The van der Waals surface area contributed by atoms with E-state index in [1.165, 1.54) is 0 Å². The lowest BCUT2D eigenvalue weighted by molar-refractivity contribution is -0.144. The predicted molar refractivity (Wildman–Crippen MR) is 94.8 cm³/mol. The molecule has 1 aromatic carbocycles. The van der Waals surface area contributed by atoms with Crippen LogP contribution < -0.4 is 4.90 Å². The van der Waals surface area contributed by atoms with Gasteiger partial charge in [0.05, 0.1) is 5.75 Å². The Morgan fingerprint density at radius 2 is 1.96 bits per heavy atom. The number of aromatic nitrogens is 4. The fourth-order valence-electron chi connectivity index (χ4n) is 2.67. The van der Waals surface area contributed by atoms with Gasteiger partial charge in [-0.3, -0.25) is 4.79 Å². The first-order valence-electron chi connectivity index (χ1n) is 8.06. The van der Waals surface area contributed by atoms with Crippen LogP contribution in [0.4, 0.5) is 18.9 Å². The van der Waals surface area contributed by atoms with E-state index in [1.54, 1.807) is 11.0 Å². The number of piperazine rings is 1. The van der Waals surface area contributed by atoms with E-state index < -0.39 is 12.7 Å². The maximum atomic E-state index is 12.5. The number of rotatable bonds is 5. The minimum Gasteiger partial charge on any atom is -0.368 e. The largest absolute Gasteiger partial charge is 0.408 e. The minimum absolute atomic E-state index is 0.0185. The van der Waals surface area contributed by atoms with Crippen LogP contribution in [-0.4, -0.2) is 69.1 Å². The second-order valence-electron chi connectivity index (χ2n) is 5.87. The van der Waals surface area contributed by atoms with Crippen molar-refractivity contribution in [2.24, 2.45) is 0 Å². The summed E-state index contributed by atoms with van der Waals surface area (Å²) in [4.78, 5) is 16.2. The minimum atomic E-state index is -4.43. The predicted octanol–water partition coefficient (Wildman–Crippen LogP) is 2.33. The molecule has 146 valence electrons. The summed E-state index contributed by atoms with van der Waals surface area (Å²) in [6, 6.07) is 7.50. The summed E-state index contributed by atoms with van der Waals surface area (Å²) < 4.78 is 38.1. The van der Waals surface area contributed by atoms with Gasteiger partial charge in [-0.15, -0.1) is 5.10 Å². The zero-order valence-electron chi connectivity index (χ0n) is 14.1. The molecule has 3 rings (SSSR count). The first-order valence-corrected chi connectivity index (χ1v) is 9.42. The normalized spacial score (nSPS) is 15.3. The molecule has 1 aliphatic heterocycles. The van der Waals surface area contributed by atoms with E-state index in [0.717, 1.165) is 17.4 Å². The molecule has 1 aliphatic rings. The van der Waals surface area contributed by atoms with Gasteiger partial charge in [-0.2, -0.15) is 13.2 Å². The summed E-state index contributed by atoms with van der Waals surface area (Å²) >= 11 is 6.90. The maximum absolute atomic E-state index is 12.5. The van der Waals surface area contributed by atoms with Crippen molar-refractivity contribution in [2.45, 2.75) is 17.9 Å². The van der Waals surface area contributed by atoms with Crippen LogP contribution in [0, 0.1) is 0 Å². The van der Waals surface area contributed by atoms with Gasteiger partial charge in [0, 0.05) is 36.9 Å². The lowest BCUT2D eigenvalue weighted by Crippen LogP contribution is -2.49. The van der Waals surface area contributed by atoms with Gasteiger partial charge < -0.3 is 9.80 Å². The summed E-state index contributed by atoms with van der Waals surface area (Å²) in [5.74, 6) is -0.178. The maximum Gasteiger partial charge on any atom is 0.408 e. The van der Waals surface area contributed by atoms with Crippen molar-refractivity contribution in [2.75, 3.05) is 36.8 Å². The van der Waals surface area contributed by atoms with Crippen molar-refractivity contribution in [1.82, 2.24) is 25.1 Å². The average molecular weight is 421 g/mol. The van der Waals surface area contributed by atoms with Crippen LogP contribution in [0.3, 0.4) is 0 Å². The van der Waals surface area contributed by atoms with Gasteiger partial charge in [0.1, 0.15) is 6.54 Å². The van der Waals surface area contributed by atoms with E-state index in [2.05, 4.69) is 20.4 Å². The number of hydrogen-bond acceptors (Lipinski definition) is 6. The molecule has 0 saturated carbocycles. The van der Waals surface area contributed by atoms with Crippen LogP contribution >= 0.6 is 23.4 Å². The topological polar surface area (TPSA) is 67.2 Å². The average Bonchev–Trinajstić information content (AvgIpc) is 3.05. The van der Waals surface area contributed by atoms with Crippen LogP contribution in [0.5, 0.6) is 0 Å². The van der Waals surface area contributed by atoms with Crippen LogP contribution in [-0.2, 0) is 11.3 Å². The molecule has 1 fully saturated rings. The molecular weight excluding hydrogens is 405 g/mol. The highest BCUT2D eigenvalue weighted by Crippen LogP contribution is 2.23. The number of carbonyl (C=O) groups excluding carboxylic acids is 1. The van der Waals surface area contributed by atoms with Gasteiger partial charge >= 0.3 is 6.18 Å². The van der Waals surface area contributed by atoms with Crippen molar-refractivity contribution in [3.05, 3.63) is 29.3 Å². The molecule has 1 aromatic heterocycles. The van der Waals surface area contributed by atoms with Crippen LogP contribution in [0.15, 0.2) is 29.4 Å². The molecule has 0 spiro atoms. The molecule has 2 aromatic rings. The molecule has 0 unspecified atom stereocenters. The summed E-state index contributed by atoms with van der Waals surface area (Å²) in [5, 5.41) is 10.7. The quantitative estimate of drug-likeness (QED) is 0.692. The van der Waals surface area contributed by atoms with Gasteiger partial charge in [-0.25, -0.2) is 4.68 Å². The van der Waals surface area contributed by atoms with Gasteiger partial charge in [0.25, 0.3) is 0 Å². The summed E-state index contributed by atoms with van der Waals surface area (Å²) in [7, 11) is 0. The molecule has 12 heteroatoms. The number of anilines is 1. The Morgan fingerprint density at radius 3 is 2.63 bits per heavy atom. The van der Waals surface area contributed by atoms with Gasteiger partial charge in [0.15, 0.2) is 0 Å². The van der Waals surface area contributed by atoms with Crippen molar-refractivity contribution < 1.29 is 18.0 Å². The fourth-order valence-corrected chi connectivity index (χ4v) is 3.64. The first kappa shape index (κ1) is 19.7. The molecular formula is C15H16ClF3N6OS. The Labute approximate surface area is 162 Å². The third-order valence-electron chi connectivity index (χ3n) is 3.96. The first-order chi connectivity index (χ1) is 12.8. The van der Waals surface area contributed by atoms with Crippen molar-refractivity contribution >= 4 is 35.0 Å². The third-order valence-corrected chi connectivity index (χ3v) is 5.14. The van der Waals surface area contributed by atoms with Crippen LogP contribution in [0.2, 0.25) is 5.02 Å². The molecule has 2 heterocycles. The summed E-state index contributed by atoms with van der Waals surface area (Å²) in [6.07, 6.45) is -4.43. The number of amides is 1. The van der Waals surface area contributed by atoms with Gasteiger partial charge in [-0.1, -0.05) is 29.4 Å². The molecule has 0 atom stereocenters. The van der Waals surface area contributed by atoms with Crippen molar-refractivity contribution in [3.8, 4) is 0 Å². The highest BCUT2D eigenvalue weighted by Gasteiger charge is 2.30. The standard InChI is InChI=1S/C15H16ClF3N6OS/c16-11-2-1-3-12(8-11)23-4-6-24(7-5-23)13(26)9-27-14-20-21-22-25(14)10-15(17,18)19/h1-3,8H,4-7,9-10H2. The second kappa shape index (κ2) is 8.34. The Kier molecular flexibility index (Phi) is 6.10. The van der Waals surface area contributed by atoms with Crippen LogP contribution in [0.25, 0.3) is 0 Å². The van der Waals surface area contributed by atoms with E-state index in [-0.39, 0.29) is 16.8 Å². The SMILES string of the molecule is O=C(CSc1nnnn1CC(F)(F)F)N1CCN(c2cccc(Cl)c2)CC1. The van der Waals surface area contributed by atoms with Crippen molar-refractivity contribution in [3.63, 3.8) is 0 Å². The molecule has 0 N–H and O–H groups in total. The molecule has 7 nitrogen and oxygen atoms in total. The summed E-state index contributed by atoms with van der Waals surface area (Å²) in [5.41, 5.74) is 0.996. The van der Waals surface area contributed by atoms with E-state index in [1.807, 2.05) is 18.2 Å². The van der Waals surface area contributed by atoms with Crippen molar-refractivity contribution in [1.29, 1.82) is 0 Å². The Hall–Kier alpha value is -2.01. The highest BCUT2D eigenvalue weighted by atomic mass is 35.5. The molecule has 27 heavy (non-hydrogen) atoms. The van der Waals surface area contributed by atoms with Gasteiger partial charge in [-0.05, 0) is 28.6 Å². The molecule has 1 saturated heterocycles. The van der Waals surface area contributed by atoms with E-state index in [4.69, 9.17) is 11.6 Å². The third kappa shape index (κ3) is 5.48. The van der Waals surface area contributed by atoms with Gasteiger partial charge in [0.2, 0.25) is 11.1 Å². The van der Waals surface area contributed by atoms with E-state index in [0.29, 0.717) is 35.9 Å².